The first-order valence-corrected chi connectivity index (χ1v) is 9.02. The highest BCUT2D eigenvalue weighted by Gasteiger charge is 2.30. The van der Waals surface area contributed by atoms with Crippen LogP contribution in [0, 0.1) is 11.8 Å². The zero-order chi connectivity index (χ0) is 15.6. The zero-order valence-corrected chi connectivity index (χ0v) is 13.6. The van der Waals surface area contributed by atoms with E-state index in [1.807, 2.05) is 13.8 Å². The van der Waals surface area contributed by atoms with Gasteiger partial charge >= 0.3 is 16.2 Å². The number of aliphatic carboxylic acids is 1. The Hall–Kier alpha value is -1.19. The van der Waals surface area contributed by atoms with E-state index in [4.69, 9.17) is 5.11 Å². The standard InChI is InChI=1S/C12H19N3O4S2/c1-8-3-9(2)6-15(5-8)21(18,19)14-12-13-10(7-20-12)4-11(16)17/h7-9H,3-6H2,1-2H3,(H,13,14)(H,16,17). The first-order valence-electron chi connectivity index (χ1n) is 6.70. The van der Waals surface area contributed by atoms with Gasteiger partial charge in [0.2, 0.25) is 0 Å². The van der Waals surface area contributed by atoms with Crippen molar-refractivity contribution in [3.8, 4) is 0 Å². The number of thiazole rings is 1. The van der Waals surface area contributed by atoms with Gasteiger partial charge in [0.15, 0.2) is 5.13 Å². The first kappa shape index (κ1) is 16.2. The molecule has 1 aliphatic rings. The molecule has 0 aliphatic carbocycles. The van der Waals surface area contributed by atoms with Gasteiger partial charge in [0, 0.05) is 18.5 Å². The van der Waals surface area contributed by atoms with Crippen LogP contribution in [0.5, 0.6) is 0 Å². The predicted octanol–water partition coefficient (Wildman–Crippen LogP) is 1.40. The average molecular weight is 333 g/mol. The van der Waals surface area contributed by atoms with Crippen LogP contribution in [0.25, 0.3) is 0 Å². The summed E-state index contributed by atoms with van der Waals surface area (Å²) in [4.78, 5) is 14.6. The summed E-state index contributed by atoms with van der Waals surface area (Å²) in [6.45, 7) is 5.05. The molecule has 1 aromatic rings. The molecule has 0 spiro atoms. The third-order valence-electron chi connectivity index (χ3n) is 3.28. The van der Waals surface area contributed by atoms with Crippen molar-refractivity contribution in [2.24, 2.45) is 11.8 Å². The Morgan fingerprint density at radius 3 is 2.67 bits per heavy atom. The van der Waals surface area contributed by atoms with Gasteiger partial charge in [-0.3, -0.25) is 4.79 Å². The number of aromatic nitrogens is 1. The van der Waals surface area contributed by atoms with Crippen molar-refractivity contribution >= 4 is 32.6 Å². The van der Waals surface area contributed by atoms with Crippen LogP contribution in [0.1, 0.15) is 26.0 Å². The fourth-order valence-corrected chi connectivity index (χ4v) is 4.93. The minimum Gasteiger partial charge on any atom is -0.481 e. The molecule has 0 bridgehead atoms. The number of piperidine rings is 1. The number of hydrogen-bond acceptors (Lipinski definition) is 5. The van der Waals surface area contributed by atoms with E-state index in [0.29, 0.717) is 30.6 Å². The summed E-state index contributed by atoms with van der Waals surface area (Å²) in [5.74, 6) is -0.346. The largest absolute Gasteiger partial charge is 0.481 e. The maximum atomic E-state index is 12.3. The smallest absolute Gasteiger partial charge is 0.309 e. The second-order valence-corrected chi connectivity index (χ2v) is 8.11. The monoisotopic (exact) mass is 333 g/mol. The lowest BCUT2D eigenvalue weighted by Crippen LogP contribution is -2.45. The molecule has 9 heteroatoms. The van der Waals surface area contributed by atoms with Gasteiger partial charge in [0.1, 0.15) is 0 Å². The third kappa shape index (κ3) is 4.39. The van der Waals surface area contributed by atoms with E-state index < -0.39 is 16.2 Å². The Balaban J connectivity index is 2.06. The van der Waals surface area contributed by atoms with Crippen LogP contribution >= 0.6 is 11.3 Å². The maximum absolute atomic E-state index is 12.3. The van der Waals surface area contributed by atoms with Crippen molar-refractivity contribution < 1.29 is 18.3 Å². The number of nitrogens with one attached hydrogen (secondary N) is 1. The second-order valence-electron chi connectivity index (χ2n) is 5.58. The Kier molecular flexibility index (Phi) is 4.84. The topological polar surface area (TPSA) is 99.6 Å². The third-order valence-corrected chi connectivity index (χ3v) is 5.64. The summed E-state index contributed by atoms with van der Waals surface area (Å²) < 4.78 is 28.6. The summed E-state index contributed by atoms with van der Waals surface area (Å²) in [7, 11) is -3.63. The second kappa shape index (κ2) is 6.29. The van der Waals surface area contributed by atoms with Crippen molar-refractivity contribution in [2.75, 3.05) is 17.8 Å². The van der Waals surface area contributed by atoms with E-state index in [9.17, 15) is 13.2 Å². The number of hydrogen-bond donors (Lipinski definition) is 2. The number of carboxylic acids is 1. The number of nitrogens with zero attached hydrogens (tertiary/aromatic N) is 2. The fraction of sp³-hybridized carbons (Fsp3) is 0.667. The average Bonchev–Trinajstić information content (AvgIpc) is 2.73. The van der Waals surface area contributed by atoms with Crippen molar-refractivity contribution in [1.82, 2.24) is 9.29 Å². The highest BCUT2D eigenvalue weighted by molar-refractivity contribution is 7.90. The molecule has 1 aromatic heterocycles. The quantitative estimate of drug-likeness (QED) is 0.848. The van der Waals surface area contributed by atoms with Crippen molar-refractivity contribution in [2.45, 2.75) is 26.7 Å². The Bertz CT molecular complexity index is 604. The highest BCUT2D eigenvalue weighted by atomic mass is 32.2. The lowest BCUT2D eigenvalue weighted by Gasteiger charge is -2.33. The van der Waals surface area contributed by atoms with E-state index in [-0.39, 0.29) is 11.6 Å². The fourth-order valence-electron chi connectivity index (χ4n) is 2.57. The molecule has 0 saturated carbocycles. The minimum atomic E-state index is -3.63. The van der Waals surface area contributed by atoms with Crippen LogP contribution in [0.3, 0.4) is 0 Å². The number of anilines is 1. The maximum Gasteiger partial charge on any atom is 0.309 e. The molecule has 1 fully saturated rings. The number of rotatable bonds is 5. The number of carboxylic acid groups (broad SMARTS) is 1. The van der Waals surface area contributed by atoms with Crippen LogP contribution in [0.2, 0.25) is 0 Å². The van der Waals surface area contributed by atoms with E-state index in [1.54, 1.807) is 5.38 Å². The molecule has 7 nitrogen and oxygen atoms in total. The molecule has 21 heavy (non-hydrogen) atoms. The van der Waals surface area contributed by atoms with Crippen LogP contribution in [0.15, 0.2) is 5.38 Å². The summed E-state index contributed by atoms with van der Waals surface area (Å²) in [5, 5.41) is 10.4. The molecule has 0 aromatic carbocycles. The van der Waals surface area contributed by atoms with Gasteiger partial charge in [-0.2, -0.15) is 12.7 Å². The summed E-state index contributed by atoms with van der Waals surface area (Å²) in [6.07, 6.45) is 0.808. The minimum absolute atomic E-state index is 0.206. The van der Waals surface area contributed by atoms with E-state index in [1.165, 1.54) is 4.31 Å². The normalized spacial score (nSPS) is 23.9. The molecule has 2 rings (SSSR count). The molecular formula is C12H19N3O4S2. The molecule has 1 saturated heterocycles. The van der Waals surface area contributed by atoms with Crippen LogP contribution in [-0.2, 0) is 21.4 Å². The molecule has 0 amide bonds. The van der Waals surface area contributed by atoms with Gasteiger partial charge in [0.05, 0.1) is 12.1 Å². The Morgan fingerprint density at radius 1 is 1.48 bits per heavy atom. The van der Waals surface area contributed by atoms with Gasteiger partial charge in [-0.15, -0.1) is 11.3 Å². The summed E-state index contributed by atoms with van der Waals surface area (Å²) in [5.41, 5.74) is 0.352. The predicted molar refractivity (Wildman–Crippen MR) is 80.5 cm³/mol. The molecule has 2 N–H and O–H groups in total. The van der Waals surface area contributed by atoms with Gasteiger partial charge in [-0.25, -0.2) is 9.71 Å². The van der Waals surface area contributed by atoms with Gasteiger partial charge < -0.3 is 5.11 Å². The van der Waals surface area contributed by atoms with E-state index in [2.05, 4.69) is 9.71 Å². The molecule has 2 atom stereocenters. The molecular weight excluding hydrogens is 314 g/mol. The molecule has 0 radical (unpaired) electrons. The molecule has 2 unspecified atom stereocenters. The van der Waals surface area contributed by atoms with Crippen LogP contribution in [-0.4, -0.2) is 41.9 Å². The summed E-state index contributed by atoms with van der Waals surface area (Å²) >= 11 is 1.09. The van der Waals surface area contributed by atoms with Gasteiger partial charge in [0.25, 0.3) is 0 Å². The Morgan fingerprint density at radius 2 is 2.10 bits per heavy atom. The lowest BCUT2D eigenvalue weighted by atomic mass is 9.94. The summed E-state index contributed by atoms with van der Waals surface area (Å²) in [6, 6.07) is 0. The zero-order valence-electron chi connectivity index (χ0n) is 11.9. The van der Waals surface area contributed by atoms with Crippen LogP contribution < -0.4 is 4.72 Å². The molecule has 2 heterocycles. The van der Waals surface area contributed by atoms with E-state index >= 15 is 0 Å². The van der Waals surface area contributed by atoms with Crippen molar-refractivity contribution in [3.63, 3.8) is 0 Å². The van der Waals surface area contributed by atoms with Crippen molar-refractivity contribution in [1.29, 1.82) is 0 Å². The van der Waals surface area contributed by atoms with Crippen molar-refractivity contribution in [3.05, 3.63) is 11.1 Å². The van der Waals surface area contributed by atoms with Gasteiger partial charge in [-0.05, 0) is 18.3 Å². The van der Waals surface area contributed by atoms with Crippen LogP contribution in [0.4, 0.5) is 5.13 Å². The van der Waals surface area contributed by atoms with E-state index in [0.717, 1.165) is 17.8 Å². The molecule has 118 valence electrons. The highest BCUT2D eigenvalue weighted by Crippen LogP contribution is 2.25. The number of carbonyl (C=O) groups is 1. The molecule has 1 aliphatic heterocycles. The first-order chi connectivity index (χ1) is 9.76. The SMILES string of the molecule is CC1CC(C)CN(S(=O)(=O)Nc2nc(CC(=O)O)cs2)C1. The lowest BCUT2D eigenvalue weighted by molar-refractivity contribution is -0.136. The Labute approximate surface area is 128 Å². The van der Waals surface area contributed by atoms with Gasteiger partial charge in [-0.1, -0.05) is 13.8 Å².